The van der Waals surface area contributed by atoms with Gasteiger partial charge in [-0.25, -0.2) is 79.2 Å². The second-order valence-corrected chi connectivity index (χ2v) is 54.8. The third kappa shape index (κ3) is 42.2. The Morgan fingerprint density at radius 2 is 0.583 bits per heavy atom. The van der Waals surface area contributed by atoms with Gasteiger partial charge in [-0.15, -0.1) is 0 Å². The molecule has 12 rings (SSSR count). The van der Waals surface area contributed by atoms with E-state index in [0.29, 0.717) is 13.4 Å². The lowest BCUT2D eigenvalue weighted by Gasteiger charge is -2.22. The Hall–Kier alpha value is -3.91. The van der Waals surface area contributed by atoms with Crippen LogP contribution in [0, 0.1) is 63.5 Å². The Balaban J connectivity index is 0.000000292. The van der Waals surface area contributed by atoms with Gasteiger partial charge in [-0.1, -0.05) is 100 Å². The van der Waals surface area contributed by atoms with Crippen LogP contribution in [0.3, 0.4) is 0 Å². The van der Waals surface area contributed by atoms with Gasteiger partial charge in [-0.2, -0.15) is 43.9 Å². The Bertz CT molecular complexity index is 6440. The Morgan fingerprint density at radius 1 is 0.333 bits per heavy atom. The number of carbonyl (C=O) groups excluding carboxylic acids is 4. The van der Waals surface area contributed by atoms with Crippen molar-refractivity contribution in [3.63, 3.8) is 0 Å². The fraction of sp³-hybridized carbons (Fsp3) is 0.0952. The van der Waals surface area contributed by atoms with Crippen molar-refractivity contribution in [2.45, 2.75) is 35.1 Å². The average molecular weight is 3420 g/mol. The predicted octanol–water partition coefficient (Wildman–Crippen LogP) is 14.2. The largest absolute Gasteiger partial charge is 0.748 e. The van der Waals surface area contributed by atoms with Crippen molar-refractivity contribution in [1.82, 2.24) is 0 Å². The highest BCUT2D eigenvalue weighted by Gasteiger charge is 2.52. The first-order valence-electron chi connectivity index (χ1n) is 36.6. The van der Waals surface area contributed by atoms with E-state index in [1.54, 1.807) is 0 Å². The maximum atomic E-state index is 13.5. The van der Waals surface area contributed by atoms with Crippen molar-refractivity contribution in [2.24, 2.45) is 0 Å². The first kappa shape index (κ1) is 131. The van der Waals surface area contributed by atoms with Crippen LogP contribution < -0.4 is 94.3 Å². The van der Waals surface area contributed by atoms with Gasteiger partial charge in [0.25, 0.3) is 0 Å². The molecule has 2 atom stereocenters. The SMILES string of the molecule is Brc1ccc([I+]c2ccccc2)cc1.Clc1ccc([I+]c2ccccc2)cc1.Fc1ccc([I+]c2ccccc2)cc1.Fc1ccc([I+]c2ccccc2)cc1.O=C(OC(CS(=O)(=O)[O-])C(F)(F)F)c1c(F)c(F)c(Br)c(F)c1F.O=C(OC(CS(=O)(=O)[O-])C(F)(F)F)c1cc(Br)c(O)c(Br)c1.O=C(Oc1c(Br)c(Br)c(Br)c(Br)c1Br)C(F)(F)S(=O)(=O)[O-].O=C(Oc1c(Br)c(Br)c(O)c(Br)c1Br)C(F)(F)S(=O)(=O)[O-]. The van der Waals surface area contributed by atoms with Gasteiger partial charge in [0.15, 0.2) is 83.6 Å². The molecular formula is C84H46Br13ClF16I4O22S4. The summed E-state index contributed by atoms with van der Waals surface area (Å²) in [6.45, 7) is 0. The molecule has 60 heteroatoms. The van der Waals surface area contributed by atoms with Gasteiger partial charge in [0.2, 0.25) is 12.2 Å². The number of ether oxygens (including phenoxy) is 4. The van der Waals surface area contributed by atoms with E-state index in [2.05, 4.69) is 347 Å². The van der Waals surface area contributed by atoms with Crippen LogP contribution in [-0.2, 0) is 59.5 Å². The molecule has 2 N–H and O–H groups in total. The molecule has 0 bridgehead atoms. The monoisotopic (exact) mass is 3410 g/mol. The van der Waals surface area contributed by atoms with Crippen molar-refractivity contribution in [3.8, 4) is 23.0 Å². The molecule has 12 aromatic carbocycles. The van der Waals surface area contributed by atoms with E-state index in [9.17, 15) is 152 Å². The molecule has 0 spiro atoms. The van der Waals surface area contributed by atoms with E-state index < -0.39 is 161 Å². The molecule has 12 aromatic rings. The van der Waals surface area contributed by atoms with Crippen LogP contribution in [0.25, 0.3) is 0 Å². The van der Waals surface area contributed by atoms with Crippen LogP contribution in [0.1, 0.15) is 20.7 Å². The molecule has 0 aliphatic carbocycles. The zero-order valence-corrected chi connectivity index (χ0v) is 102. The molecule has 0 heterocycles. The topological polar surface area (TPSA) is 374 Å². The van der Waals surface area contributed by atoms with E-state index in [4.69, 9.17) is 11.6 Å². The van der Waals surface area contributed by atoms with E-state index in [1.165, 1.54) is 52.8 Å². The van der Waals surface area contributed by atoms with Gasteiger partial charge < -0.3 is 47.4 Å². The molecule has 144 heavy (non-hydrogen) atoms. The third-order valence-electron chi connectivity index (χ3n) is 15.5. The third-order valence-corrected chi connectivity index (χ3v) is 42.1. The Labute approximate surface area is 962 Å². The second kappa shape index (κ2) is 59.0. The van der Waals surface area contributed by atoms with Crippen LogP contribution in [0.2, 0.25) is 5.02 Å². The molecule has 0 amide bonds. The number of esters is 4. The van der Waals surface area contributed by atoms with E-state index in [1.807, 2.05) is 72.8 Å². The predicted molar refractivity (Wildman–Crippen MR) is 515 cm³/mol. The first-order valence-corrected chi connectivity index (χ1v) is 61.9. The quantitative estimate of drug-likeness (QED) is 0.0121. The van der Waals surface area contributed by atoms with Gasteiger partial charge >= 0.3 is 132 Å². The summed E-state index contributed by atoms with van der Waals surface area (Å²) in [5.74, 6) is -24.4. The summed E-state index contributed by atoms with van der Waals surface area (Å²) >= 11 is 43.6. The number of carbonyl (C=O) groups is 4. The van der Waals surface area contributed by atoms with E-state index in [-0.39, 0.29) is 144 Å². The lowest BCUT2D eigenvalue weighted by atomic mass is 10.2. The molecule has 0 aliphatic rings. The van der Waals surface area contributed by atoms with Gasteiger partial charge in [0.1, 0.15) is 28.7 Å². The van der Waals surface area contributed by atoms with Crippen molar-refractivity contribution in [3.05, 3.63) is 368 Å². The zero-order chi connectivity index (χ0) is 109. The van der Waals surface area contributed by atoms with Crippen molar-refractivity contribution < 1.29 is 255 Å². The molecular weight excluding hydrogens is 3370 g/mol. The first-order chi connectivity index (χ1) is 66.5. The van der Waals surface area contributed by atoms with Crippen LogP contribution in [0.15, 0.2) is 289 Å². The molecule has 0 fully saturated rings. The number of hydrogen-bond acceptors (Lipinski definition) is 22. The van der Waals surface area contributed by atoms with E-state index in [0.717, 1.165) is 21.6 Å². The molecule has 0 saturated carbocycles. The fourth-order valence-corrected chi connectivity index (χ4v) is 26.8. The maximum Gasteiger partial charge on any atom is 0.429 e. The number of halogens is 34. The lowest BCUT2D eigenvalue weighted by molar-refractivity contribution is -0.597. The number of alkyl halides is 10. The second-order valence-electron chi connectivity index (χ2n) is 25.9. The van der Waals surface area contributed by atoms with Crippen LogP contribution in [0.5, 0.6) is 23.0 Å². The van der Waals surface area contributed by atoms with Crippen molar-refractivity contribution in [2.75, 3.05) is 11.5 Å². The van der Waals surface area contributed by atoms with E-state index >= 15 is 0 Å². The minimum absolute atomic E-state index is 0.00492. The smallest absolute Gasteiger partial charge is 0.429 e. The average Bonchev–Trinajstić information content (AvgIpc) is 0.784. The van der Waals surface area contributed by atoms with Gasteiger partial charge in [-0.3, -0.25) is 0 Å². The molecule has 0 saturated heterocycles. The summed E-state index contributed by atoms with van der Waals surface area (Å²) in [6.07, 6.45) is -17.5. The molecule has 0 aromatic heterocycles. The number of phenolic OH excluding ortho intramolecular Hbond substituents is 2. The van der Waals surface area contributed by atoms with Crippen LogP contribution in [0.4, 0.5) is 70.2 Å². The normalized spacial score (nSPS) is 11.9. The summed E-state index contributed by atoms with van der Waals surface area (Å²) in [7, 11) is -23.3. The lowest BCUT2D eigenvalue weighted by Crippen LogP contribution is -3.61. The van der Waals surface area contributed by atoms with Gasteiger partial charge in [-0.05, 0) is 349 Å². The Kier molecular flexibility index (Phi) is 53.5. The summed E-state index contributed by atoms with van der Waals surface area (Å²) in [6, 6.07) is 74.2. The highest BCUT2D eigenvalue weighted by Crippen LogP contribution is 2.52. The minimum Gasteiger partial charge on any atom is -0.748 e. The summed E-state index contributed by atoms with van der Waals surface area (Å²) in [5.41, 5.74) is -2.56. The molecule has 0 radical (unpaired) electrons. The summed E-state index contributed by atoms with van der Waals surface area (Å²) < 4.78 is 359. The maximum absolute atomic E-state index is 13.5. The van der Waals surface area contributed by atoms with Gasteiger partial charge in [0.05, 0.1) is 86.5 Å². The van der Waals surface area contributed by atoms with Crippen molar-refractivity contribution >= 4 is 283 Å². The highest BCUT2D eigenvalue weighted by molar-refractivity contribution is 9.16. The highest BCUT2D eigenvalue weighted by atomic mass is 127. The minimum atomic E-state index is -6.24. The molecule has 0 aliphatic heterocycles. The van der Waals surface area contributed by atoms with Crippen molar-refractivity contribution in [1.29, 1.82) is 0 Å². The fourth-order valence-electron chi connectivity index (χ4n) is 8.87. The Morgan fingerprint density at radius 3 is 0.854 bits per heavy atom. The standard InChI is InChI=1S/C12H9BrI.C12H9ClI.2C12H9FI.C10H7Br2F3O6S.C10H4BrF7O5S.C8HBr5F2O5S.C8H2Br4F2O6S/c4*13-10-6-8-12(9-7-10)14-11-4-2-1-3-5-11;11-5-1-4(2-6(12)8(5)16)9(17)21-7(10(13,14)15)3-22(18,19)20;11-4-7(14)5(12)3(6(13)8(4)15)9(19)23-2(10(16,17)18)1-24(20,21)22;9-1-2(10)4(12)6(5(13)3(1)11)20-7(16)8(14,15)21(17,18)19;9-1-3(11)6(4(12)2(10)5(1)15)20-7(16)8(13,14)21(17,18)19/h4*1-9H;1-2,7,16H,3H2,(H,18,19,20);2H,1H2,(H,20,21,22);(H,17,18,19);15H,(H,17,18,19)/q4*+1;;;;/p-4. The summed E-state index contributed by atoms with van der Waals surface area (Å²) in [5, 5.41) is 9.40. The molecule has 2 unspecified atom stereocenters. The number of rotatable bonds is 22. The number of aromatic hydroxyl groups is 2. The summed E-state index contributed by atoms with van der Waals surface area (Å²) in [4.78, 5) is 45.5. The van der Waals surface area contributed by atoms with Crippen LogP contribution >= 0.6 is 219 Å². The number of phenols is 2. The number of benzene rings is 12. The zero-order valence-electron chi connectivity index (χ0n) is 69.1. The number of hydrogen-bond donors (Lipinski definition) is 2. The molecule has 22 nitrogen and oxygen atoms in total. The van der Waals surface area contributed by atoms with Crippen LogP contribution in [-0.4, -0.2) is 133 Å². The molecule has 776 valence electrons. The van der Waals surface area contributed by atoms with Gasteiger partial charge in [0, 0.05) is 14.0 Å².